The topological polar surface area (TPSA) is 144 Å². The molecule has 0 saturated carbocycles. The second kappa shape index (κ2) is 19.8. The lowest BCUT2D eigenvalue weighted by molar-refractivity contribution is 0.355. The Morgan fingerprint density at radius 1 is 0.532 bits per heavy atom. The van der Waals surface area contributed by atoms with Gasteiger partial charge in [-0.3, -0.25) is 0 Å². The first-order chi connectivity index (χ1) is 29.9. The number of hydrogen-bond donors (Lipinski definition) is 0. The van der Waals surface area contributed by atoms with Crippen LogP contribution in [0.3, 0.4) is 0 Å². The van der Waals surface area contributed by atoms with E-state index in [0.29, 0.717) is 69.6 Å². The van der Waals surface area contributed by atoms with E-state index >= 15 is 0 Å². The number of sulfonamides is 2. The summed E-state index contributed by atoms with van der Waals surface area (Å²) in [5.41, 5.74) is 3.42. The van der Waals surface area contributed by atoms with Crippen molar-refractivity contribution in [3.63, 3.8) is 0 Å². The minimum atomic E-state index is -3.63. The van der Waals surface area contributed by atoms with Crippen molar-refractivity contribution in [2.45, 2.75) is 9.79 Å². The third-order valence-corrected chi connectivity index (χ3v) is 16.9. The molecule has 0 spiro atoms. The van der Waals surface area contributed by atoms with E-state index in [1.807, 2.05) is 47.2 Å². The molecule has 0 N–H and O–H groups in total. The predicted molar refractivity (Wildman–Crippen MR) is 246 cm³/mol. The Morgan fingerprint density at radius 3 is 1.48 bits per heavy atom. The highest BCUT2D eigenvalue weighted by molar-refractivity contribution is 7.89. The van der Waals surface area contributed by atoms with Gasteiger partial charge in [-0.25, -0.2) is 26.8 Å². The maximum Gasteiger partial charge on any atom is 0.244 e. The maximum absolute atomic E-state index is 13.0. The molecular formula is C42H44Cl2N6O8S4. The largest absolute Gasteiger partial charge is 0.497 e. The zero-order valence-corrected chi connectivity index (χ0v) is 39.0. The summed E-state index contributed by atoms with van der Waals surface area (Å²) in [5, 5.41) is 6.14. The van der Waals surface area contributed by atoms with Crippen LogP contribution in [0.15, 0.2) is 105 Å². The molecule has 0 unspecified atom stereocenters. The molecule has 328 valence electrons. The minimum Gasteiger partial charge on any atom is -0.497 e. The van der Waals surface area contributed by atoms with Crippen LogP contribution in [0, 0.1) is 0 Å². The fourth-order valence-electron chi connectivity index (χ4n) is 6.91. The minimum absolute atomic E-state index is 0.145. The number of nitrogens with zero attached hydrogens (tertiary/aromatic N) is 6. The first-order valence-corrected chi connectivity index (χ1v) is 24.6. The molecule has 0 amide bonds. The summed E-state index contributed by atoms with van der Waals surface area (Å²) < 4.78 is 76.2. The zero-order valence-electron chi connectivity index (χ0n) is 34.2. The Balaban J connectivity index is 0.000000186. The Hall–Kier alpha value is -4.66. The SMILES string of the molecule is COc1ccc(-c2csc(N3CCN(S(=O)(=O)c4ccccc4Cl)CC3)n2)cc1OC.COc1ccc(OC)c(-c2csc(N3CCN(S(=O)(=O)c4ccccc4Cl)CC3)n2)c1. The second-order valence-electron chi connectivity index (χ2n) is 13.8. The van der Waals surface area contributed by atoms with Crippen molar-refractivity contribution in [3.05, 3.63) is 106 Å². The number of aromatic nitrogens is 2. The van der Waals surface area contributed by atoms with Crippen molar-refractivity contribution < 1.29 is 35.8 Å². The molecule has 4 heterocycles. The van der Waals surface area contributed by atoms with Gasteiger partial charge in [-0.15, -0.1) is 22.7 Å². The Labute approximate surface area is 379 Å². The van der Waals surface area contributed by atoms with Crippen molar-refractivity contribution in [3.8, 4) is 45.5 Å². The summed E-state index contributed by atoms with van der Waals surface area (Å²) in [7, 11) is -0.800. The number of anilines is 2. The Bertz CT molecular complexity index is 2720. The standard InChI is InChI=1S/2C21H22ClN3O4S2/c1-28-15-7-8-19(29-2)16(13-15)18-14-30-21(23-18)24-9-11-25(12-10-24)31(26,27)20-6-4-3-5-17(20)22;1-28-18-8-7-15(13-19(18)29-2)17-14-30-21(23-17)24-9-11-25(12-10-24)31(26,27)20-6-4-3-5-16(20)22/h2*3-8,13-14H,9-12H2,1-2H3. The molecule has 2 saturated heterocycles. The molecule has 62 heavy (non-hydrogen) atoms. The maximum atomic E-state index is 13.0. The third-order valence-electron chi connectivity index (χ3n) is 10.3. The van der Waals surface area contributed by atoms with Crippen LogP contribution in [0.4, 0.5) is 10.3 Å². The van der Waals surface area contributed by atoms with E-state index in [2.05, 4.69) is 9.80 Å². The Morgan fingerprint density at radius 2 is 1.00 bits per heavy atom. The van der Waals surface area contributed by atoms with Gasteiger partial charge in [0.05, 0.1) is 49.9 Å². The molecule has 2 fully saturated rings. The van der Waals surface area contributed by atoms with Crippen molar-refractivity contribution >= 4 is 76.2 Å². The van der Waals surface area contributed by atoms with Gasteiger partial charge in [0.15, 0.2) is 21.8 Å². The smallest absolute Gasteiger partial charge is 0.244 e. The number of rotatable bonds is 12. The van der Waals surface area contributed by atoms with Gasteiger partial charge in [-0.1, -0.05) is 47.5 Å². The van der Waals surface area contributed by atoms with E-state index in [0.717, 1.165) is 38.5 Å². The summed E-state index contributed by atoms with van der Waals surface area (Å²) in [6.45, 7) is 3.69. The number of piperazine rings is 2. The van der Waals surface area contributed by atoms with Gasteiger partial charge in [0.2, 0.25) is 20.0 Å². The lowest BCUT2D eigenvalue weighted by Crippen LogP contribution is -2.48. The van der Waals surface area contributed by atoms with E-state index in [4.69, 9.17) is 52.1 Å². The molecule has 14 nitrogen and oxygen atoms in total. The molecule has 0 bridgehead atoms. The molecule has 0 atom stereocenters. The van der Waals surface area contributed by atoms with Gasteiger partial charge in [0.1, 0.15) is 21.3 Å². The zero-order chi connectivity index (χ0) is 44.0. The van der Waals surface area contributed by atoms with E-state index in [-0.39, 0.29) is 19.8 Å². The summed E-state index contributed by atoms with van der Waals surface area (Å²) >= 11 is 15.3. The van der Waals surface area contributed by atoms with Crippen LogP contribution in [0.1, 0.15) is 0 Å². The monoisotopic (exact) mass is 958 g/mol. The van der Waals surface area contributed by atoms with Gasteiger partial charge < -0.3 is 28.7 Å². The van der Waals surface area contributed by atoms with E-state index in [1.54, 1.807) is 77.0 Å². The quantitative estimate of drug-likeness (QED) is 0.117. The van der Waals surface area contributed by atoms with Gasteiger partial charge in [0.25, 0.3) is 0 Å². The van der Waals surface area contributed by atoms with E-state index < -0.39 is 20.0 Å². The van der Waals surface area contributed by atoms with Gasteiger partial charge in [0, 0.05) is 74.2 Å². The summed E-state index contributed by atoms with van der Waals surface area (Å²) in [4.78, 5) is 14.0. The highest BCUT2D eigenvalue weighted by atomic mass is 35.5. The van der Waals surface area contributed by atoms with E-state index in [1.165, 1.54) is 31.3 Å². The van der Waals surface area contributed by atoms with Crippen molar-refractivity contribution in [1.82, 2.24) is 18.6 Å². The Kier molecular flexibility index (Phi) is 14.5. The van der Waals surface area contributed by atoms with Gasteiger partial charge in [-0.2, -0.15) is 8.61 Å². The number of benzene rings is 4. The predicted octanol–water partition coefficient (Wildman–Crippen LogP) is 7.98. The van der Waals surface area contributed by atoms with Crippen LogP contribution in [0.25, 0.3) is 22.5 Å². The van der Waals surface area contributed by atoms with Crippen LogP contribution in [-0.4, -0.2) is 116 Å². The van der Waals surface area contributed by atoms with Crippen LogP contribution >= 0.6 is 45.9 Å². The van der Waals surface area contributed by atoms with E-state index in [9.17, 15) is 16.8 Å². The lowest BCUT2D eigenvalue weighted by Gasteiger charge is -2.33. The molecular weight excluding hydrogens is 916 g/mol. The fraction of sp³-hybridized carbons (Fsp3) is 0.286. The van der Waals surface area contributed by atoms with Crippen molar-refractivity contribution in [1.29, 1.82) is 0 Å². The molecule has 2 aliphatic rings. The number of methoxy groups -OCH3 is 4. The second-order valence-corrected chi connectivity index (χ2v) is 20.1. The van der Waals surface area contributed by atoms with Crippen LogP contribution in [0.2, 0.25) is 10.0 Å². The molecule has 2 aliphatic heterocycles. The molecule has 0 radical (unpaired) electrons. The normalized spacial score (nSPS) is 15.1. The molecule has 8 rings (SSSR count). The molecule has 20 heteroatoms. The molecule has 6 aromatic rings. The van der Waals surface area contributed by atoms with Gasteiger partial charge in [-0.05, 0) is 60.7 Å². The molecule has 0 aliphatic carbocycles. The van der Waals surface area contributed by atoms with Crippen molar-refractivity contribution in [2.24, 2.45) is 0 Å². The average molecular weight is 960 g/mol. The summed E-state index contributed by atoms with van der Waals surface area (Å²) in [6.07, 6.45) is 0. The van der Waals surface area contributed by atoms with Crippen molar-refractivity contribution in [2.75, 3.05) is 90.6 Å². The first kappa shape index (κ1) is 45.4. The lowest BCUT2D eigenvalue weighted by atomic mass is 10.1. The van der Waals surface area contributed by atoms with Crippen LogP contribution in [-0.2, 0) is 20.0 Å². The fourth-order valence-corrected chi connectivity index (χ4v) is 12.5. The number of halogens is 2. The molecule has 4 aromatic carbocycles. The first-order valence-electron chi connectivity index (χ1n) is 19.2. The average Bonchev–Trinajstić information content (AvgIpc) is 4.01. The van der Waals surface area contributed by atoms with Crippen LogP contribution in [0.5, 0.6) is 23.0 Å². The third kappa shape index (κ3) is 9.77. The summed E-state index contributed by atoms with van der Waals surface area (Å²) in [6, 6.07) is 24.3. The highest BCUT2D eigenvalue weighted by Crippen LogP contribution is 2.38. The number of hydrogen-bond acceptors (Lipinski definition) is 14. The van der Waals surface area contributed by atoms with Crippen LogP contribution < -0.4 is 28.7 Å². The highest BCUT2D eigenvalue weighted by Gasteiger charge is 2.32. The number of thiazole rings is 2. The number of ether oxygens (including phenoxy) is 4. The molecule has 2 aromatic heterocycles. The summed E-state index contributed by atoms with van der Waals surface area (Å²) in [5.74, 6) is 2.75. The van der Waals surface area contributed by atoms with Gasteiger partial charge >= 0.3 is 0 Å².